The van der Waals surface area contributed by atoms with Gasteiger partial charge in [0.1, 0.15) is 5.75 Å². The number of ether oxygens (including phenoxy) is 1. The summed E-state index contributed by atoms with van der Waals surface area (Å²) >= 11 is 0. The van der Waals surface area contributed by atoms with Crippen molar-refractivity contribution in [2.75, 3.05) is 13.1 Å². The number of sulfonamides is 1. The molecule has 2 rings (SSSR count). The minimum Gasteiger partial charge on any atom is -0.406 e. The summed E-state index contributed by atoms with van der Waals surface area (Å²) in [5.74, 6) is -0.497. The molecule has 0 saturated carbocycles. The molecule has 0 atom stereocenters. The summed E-state index contributed by atoms with van der Waals surface area (Å²) in [5.41, 5.74) is 1.87. The van der Waals surface area contributed by atoms with Crippen LogP contribution in [-0.2, 0) is 14.9 Å². The third-order valence-electron chi connectivity index (χ3n) is 3.90. The monoisotopic (exact) mass is 439 g/mol. The van der Waals surface area contributed by atoms with Crippen LogP contribution in [0.15, 0.2) is 29.2 Å². The molecule has 164 valence electrons. The van der Waals surface area contributed by atoms with Crippen molar-refractivity contribution in [3.05, 3.63) is 24.3 Å². The van der Waals surface area contributed by atoms with E-state index >= 15 is 0 Å². The smallest absolute Gasteiger partial charge is 0.406 e. The highest BCUT2D eigenvalue weighted by Gasteiger charge is 2.32. The Morgan fingerprint density at radius 3 is 2.14 bits per heavy atom. The maximum atomic E-state index is 12.7. The third-order valence-corrected chi connectivity index (χ3v) is 5.82. The summed E-state index contributed by atoms with van der Waals surface area (Å²) in [6, 6.07) is 3.55. The van der Waals surface area contributed by atoms with Crippen molar-refractivity contribution in [1.82, 2.24) is 15.1 Å². The van der Waals surface area contributed by atoms with Crippen LogP contribution in [0.5, 0.6) is 5.75 Å². The van der Waals surface area contributed by atoms with E-state index in [-0.39, 0.29) is 24.1 Å². The van der Waals surface area contributed by atoms with Crippen LogP contribution in [0.3, 0.4) is 0 Å². The van der Waals surface area contributed by atoms with E-state index in [2.05, 4.69) is 15.5 Å². The minimum atomic E-state index is -4.85. The molecule has 1 aromatic carbocycles. The standard InChI is InChI=1S/C17H24F3N3O5S/c1-16(2,3)21-15(24)22-28-13-8-10-23(11-9-13)29(25,26)14-6-4-12(5-7-14)27-17(18,19)20/h4-7,13H,8-11H2,1-3H3,(H2,21,22,24). The zero-order valence-electron chi connectivity index (χ0n) is 16.2. The van der Waals surface area contributed by atoms with Crippen LogP contribution in [0.1, 0.15) is 33.6 Å². The number of nitrogens with zero attached hydrogens (tertiary/aromatic N) is 1. The number of rotatable bonds is 5. The summed E-state index contributed by atoms with van der Waals surface area (Å²) in [7, 11) is -3.86. The largest absolute Gasteiger partial charge is 0.573 e. The van der Waals surface area contributed by atoms with Gasteiger partial charge in [-0.25, -0.2) is 18.7 Å². The number of carbonyl (C=O) groups excluding carboxylic acids is 1. The van der Waals surface area contributed by atoms with Crippen molar-refractivity contribution in [2.45, 2.75) is 56.5 Å². The third kappa shape index (κ3) is 7.37. The average molecular weight is 439 g/mol. The zero-order chi connectivity index (χ0) is 21.9. The van der Waals surface area contributed by atoms with Crippen molar-refractivity contribution in [3.63, 3.8) is 0 Å². The summed E-state index contributed by atoms with van der Waals surface area (Å²) < 4.78 is 66.9. The second-order valence-corrected chi connectivity index (χ2v) is 9.48. The summed E-state index contributed by atoms with van der Waals surface area (Å²) in [4.78, 5) is 16.9. The number of nitrogens with one attached hydrogen (secondary N) is 2. The number of urea groups is 1. The highest BCUT2D eigenvalue weighted by molar-refractivity contribution is 7.89. The number of hydrogen-bond donors (Lipinski definition) is 2. The van der Waals surface area contributed by atoms with E-state index < -0.39 is 33.7 Å². The van der Waals surface area contributed by atoms with Gasteiger partial charge in [-0.15, -0.1) is 13.2 Å². The van der Waals surface area contributed by atoms with Gasteiger partial charge in [-0.3, -0.25) is 4.84 Å². The van der Waals surface area contributed by atoms with Crippen molar-refractivity contribution in [1.29, 1.82) is 0 Å². The molecule has 1 heterocycles. The Balaban J connectivity index is 1.88. The first-order chi connectivity index (χ1) is 13.3. The molecule has 0 aliphatic carbocycles. The van der Waals surface area contributed by atoms with Gasteiger partial charge in [0.2, 0.25) is 10.0 Å². The molecule has 0 aromatic heterocycles. The van der Waals surface area contributed by atoms with Crippen LogP contribution >= 0.6 is 0 Å². The molecule has 1 aliphatic heterocycles. The van der Waals surface area contributed by atoms with Gasteiger partial charge >= 0.3 is 12.4 Å². The van der Waals surface area contributed by atoms with Gasteiger partial charge in [-0.05, 0) is 57.9 Å². The fourth-order valence-corrected chi connectivity index (χ4v) is 4.13. The van der Waals surface area contributed by atoms with Crippen LogP contribution in [0.25, 0.3) is 0 Å². The predicted molar refractivity (Wildman–Crippen MR) is 97.4 cm³/mol. The predicted octanol–water partition coefficient (Wildman–Crippen LogP) is 2.77. The molecule has 0 spiro atoms. The van der Waals surface area contributed by atoms with E-state index in [1.54, 1.807) is 0 Å². The fourth-order valence-electron chi connectivity index (χ4n) is 2.66. The Morgan fingerprint density at radius 2 is 1.66 bits per heavy atom. The van der Waals surface area contributed by atoms with Gasteiger partial charge in [0, 0.05) is 18.6 Å². The highest BCUT2D eigenvalue weighted by Crippen LogP contribution is 2.26. The SMILES string of the molecule is CC(C)(C)NC(=O)NOC1CCN(S(=O)(=O)c2ccc(OC(F)(F)F)cc2)CC1. The molecule has 0 radical (unpaired) electrons. The van der Waals surface area contributed by atoms with Gasteiger partial charge in [0.05, 0.1) is 11.0 Å². The number of carbonyl (C=O) groups is 1. The Kier molecular flexibility index (Phi) is 7.01. The average Bonchev–Trinajstić information content (AvgIpc) is 2.58. The molecule has 0 bridgehead atoms. The van der Waals surface area contributed by atoms with E-state index in [0.29, 0.717) is 12.8 Å². The molecular weight excluding hydrogens is 415 g/mol. The quantitative estimate of drug-likeness (QED) is 0.688. The van der Waals surface area contributed by atoms with Crippen molar-refractivity contribution in [3.8, 4) is 5.75 Å². The van der Waals surface area contributed by atoms with Crippen LogP contribution in [0.4, 0.5) is 18.0 Å². The minimum absolute atomic E-state index is 0.130. The van der Waals surface area contributed by atoms with Gasteiger partial charge in [0.25, 0.3) is 0 Å². The maximum absolute atomic E-state index is 12.7. The lowest BCUT2D eigenvalue weighted by Gasteiger charge is -2.31. The lowest BCUT2D eigenvalue weighted by Crippen LogP contribution is -2.48. The first kappa shape index (κ1) is 23.2. The molecule has 12 heteroatoms. The van der Waals surface area contributed by atoms with E-state index in [4.69, 9.17) is 4.84 Å². The lowest BCUT2D eigenvalue weighted by molar-refractivity contribution is -0.274. The number of alkyl halides is 3. The molecule has 1 aromatic rings. The lowest BCUT2D eigenvalue weighted by atomic mass is 10.1. The van der Waals surface area contributed by atoms with Gasteiger partial charge in [-0.2, -0.15) is 4.31 Å². The first-order valence-corrected chi connectivity index (χ1v) is 10.3. The number of benzene rings is 1. The molecule has 0 unspecified atom stereocenters. The van der Waals surface area contributed by atoms with Crippen LogP contribution in [0, 0.1) is 0 Å². The van der Waals surface area contributed by atoms with E-state index in [1.807, 2.05) is 20.8 Å². The Morgan fingerprint density at radius 1 is 1.10 bits per heavy atom. The molecule has 1 fully saturated rings. The van der Waals surface area contributed by atoms with Crippen LogP contribution in [0.2, 0.25) is 0 Å². The first-order valence-electron chi connectivity index (χ1n) is 8.86. The maximum Gasteiger partial charge on any atom is 0.573 e. The molecule has 2 N–H and O–H groups in total. The van der Waals surface area contributed by atoms with Crippen LogP contribution in [-0.4, -0.2) is 49.8 Å². The summed E-state index contributed by atoms with van der Waals surface area (Å²) in [6.45, 7) is 5.75. The molecule has 2 amide bonds. The number of piperidine rings is 1. The van der Waals surface area contributed by atoms with Crippen molar-refractivity contribution < 1.29 is 36.0 Å². The highest BCUT2D eigenvalue weighted by atomic mass is 32.2. The topological polar surface area (TPSA) is 97.0 Å². The molecule has 1 saturated heterocycles. The summed E-state index contributed by atoms with van der Waals surface area (Å²) in [6.07, 6.45) is -4.50. The van der Waals surface area contributed by atoms with Gasteiger partial charge < -0.3 is 10.1 Å². The number of amides is 2. The molecular formula is C17H24F3N3O5S. The molecule has 29 heavy (non-hydrogen) atoms. The van der Waals surface area contributed by atoms with E-state index in [0.717, 1.165) is 24.3 Å². The Labute approximate surface area is 167 Å². The molecule has 1 aliphatic rings. The zero-order valence-corrected chi connectivity index (χ0v) is 17.1. The van der Waals surface area contributed by atoms with E-state index in [1.165, 1.54) is 4.31 Å². The Hall–Kier alpha value is -2.05. The Bertz CT molecular complexity index is 799. The molecule has 8 nitrogen and oxygen atoms in total. The van der Waals surface area contributed by atoms with Crippen LogP contribution < -0.4 is 15.5 Å². The second-order valence-electron chi connectivity index (χ2n) is 7.55. The van der Waals surface area contributed by atoms with Gasteiger partial charge in [-0.1, -0.05) is 0 Å². The number of halogens is 3. The fraction of sp³-hybridized carbons (Fsp3) is 0.588. The number of hydrogen-bond acceptors (Lipinski definition) is 5. The summed E-state index contributed by atoms with van der Waals surface area (Å²) in [5, 5.41) is 2.67. The van der Waals surface area contributed by atoms with Gasteiger partial charge in [0.15, 0.2) is 0 Å². The number of hydroxylamine groups is 1. The van der Waals surface area contributed by atoms with Crippen molar-refractivity contribution >= 4 is 16.1 Å². The second kappa shape index (κ2) is 8.76. The normalized spacial score (nSPS) is 17.0. The van der Waals surface area contributed by atoms with Crippen molar-refractivity contribution in [2.24, 2.45) is 0 Å². The van der Waals surface area contributed by atoms with E-state index in [9.17, 15) is 26.4 Å².